The predicted molar refractivity (Wildman–Crippen MR) is 157 cm³/mol. The van der Waals surface area contributed by atoms with E-state index in [1.54, 1.807) is 29.2 Å². The van der Waals surface area contributed by atoms with Crippen LogP contribution in [0.5, 0.6) is 0 Å². The summed E-state index contributed by atoms with van der Waals surface area (Å²) in [5, 5.41) is 3.03. The maximum Gasteiger partial charge on any atom is 0.247 e. The summed E-state index contributed by atoms with van der Waals surface area (Å²) >= 11 is 0. The molecule has 7 nitrogen and oxygen atoms in total. The van der Waals surface area contributed by atoms with E-state index in [4.69, 9.17) is 0 Å². The van der Waals surface area contributed by atoms with Crippen LogP contribution < -0.4 is 5.32 Å². The van der Waals surface area contributed by atoms with E-state index in [1.807, 2.05) is 60.7 Å². The SMILES string of the molecule is CCCCNC(=O)[C@H](c1ccccc1)N(Cc1ccccc1)C(=O)CCc1ccc(S(=O)(=O)N2CCCC2)cc1. The van der Waals surface area contributed by atoms with Gasteiger partial charge in [0.2, 0.25) is 21.8 Å². The molecule has 8 heteroatoms. The highest BCUT2D eigenvalue weighted by atomic mass is 32.2. The summed E-state index contributed by atoms with van der Waals surface area (Å²) in [5.74, 6) is -0.336. The van der Waals surface area contributed by atoms with Crippen molar-refractivity contribution < 1.29 is 18.0 Å². The molecule has 0 spiro atoms. The lowest BCUT2D eigenvalue weighted by atomic mass is 10.0. The van der Waals surface area contributed by atoms with Crippen LogP contribution in [0.2, 0.25) is 0 Å². The maximum atomic E-state index is 13.8. The first kappa shape index (κ1) is 29.5. The van der Waals surface area contributed by atoms with Crippen LogP contribution in [0.25, 0.3) is 0 Å². The molecular formula is C32H39N3O4S. The number of unbranched alkanes of at least 4 members (excludes halogenated alkanes) is 1. The van der Waals surface area contributed by atoms with Crippen molar-refractivity contribution in [2.75, 3.05) is 19.6 Å². The van der Waals surface area contributed by atoms with Gasteiger partial charge in [0, 0.05) is 32.6 Å². The zero-order chi connectivity index (χ0) is 28.4. The van der Waals surface area contributed by atoms with Gasteiger partial charge >= 0.3 is 0 Å². The van der Waals surface area contributed by atoms with Crippen molar-refractivity contribution in [3.05, 3.63) is 102 Å². The molecule has 212 valence electrons. The average molecular weight is 562 g/mol. The first-order chi connectivity index (χ1) is 19.4. The van der Waals surface area contributed by atoms with Crippen molar-refractivity contribution in [2.24, 2.45) is 0 Å². The van der Waals surface area contributed by atoms with Gasteiger partial charge in [0.05, 0.1) is 4.90 Å². The molecule has 2 amide bonds. The molecule has 1 saturated heterocycles. The highest BCUT2D eigenvalue weighted by Crippen LogP contribution is 2.26. The van der Waals surface area contributed by atoms with Crippen LogP contribution in [0.15, 0.2) is 89.8 Å². The summed E-state index contributed by atoms with van der Waals surface area (Å²) in [6.45, 7) is 4.04. The van der Waals surface area contributed by atoms with Gasteiger partial charge in [0.15, 0.2) is 0 Å². The molecular weight excluding hydrogens is 522 g/mol. The summed E-state index contributed by atoms with van der Waals surface area (Å²) in [6, 6.07) is 25.2. The fourth-order valence-electron chi connectivity index (χ4n) is 5.00. The molecule has 1 aliphatic rings. The Hall–Kier alpha value is -3.49. The molecule has 1 aliphatic heterocycles. The number of benzene rings is 3. The van der Waals surface area contributed by atoms with Crippen LogP contribution in [0.4, 0.5) is 0 Å². The van der Waals surface area contributed by atoms with Crippen LogP contribution in [-0.4, -0.2) is 49.1 Å². The fraction of sp³-hybridized carbons (Fsp3) is 0.375. The largest absolute Gasteiger partial charge is 0.354 e. The van der Waals surface area contributed by atoms with Gasteiger partial charge in [0.1, 0.15) is 6.04 Å². The predicted octanol–water partition coefficient (Wildman–Crippen LogP) is 5.09. The second-order valence-corrected chi connectivity index (χ2v) is 12.2. The van der Waals surface area contributed by atoms with Crippen molar-refractivity contribution in [1.82, 2.24) is 14.5 Å². The van der Waals surface area contributed by atoms with Crippen molar-refractivity contribution >= 4 is 21.8 Å². The quantitative estimate of drug-likeness (QED) is 0.295. The lowest BCUT2D eigenvalue weighted by Crippen LogP contribution is -2.43. The van der Waals surface area contributed by atoms with E-state index < -0.39 is 16.1 Å². The lowest BCUT2D eigenvalue weighted by molar-refractivity contribution is -0.141. The van der Waals surface area contributed by atoms with E-state index >= 15 is 0 Å². The van der Waals surface area contributed by atoms with E-state index in [0.29, 0.717) is 32.6 Å². The number of nitrogens with zero attached hydrogens (tertiary/aromatic N) is 2. The van der Waals surface area contributed by atoms with E-state index in [0.717, 1.165) is 42.4 Å². The molecule has 0 radical (unpaired) electrons. The summed E-state index contributed by atoms with van der Waals surface area (Å²) in [4.78, 5) is 29.3. The number of rotatable bonds is 13. The van der Waals surface area contributed by atoms with Gasteiger partial charge in [-0.25, -0.2) is 8.42 Å². The van der Waals surface area contributed by atoms with Gasteiger partial charge in [-0.1, -0.05) is 86.1 Å². The molecule has 1 heterocycles. The minimum Gasteiger partial charge on any atom is -0.354 e. The summed E-state index contributed by atoms with van der Waals surface area (Å²) in [6.07, 6.45) is 4.23. The Morgan fingerprint density at radius 3 is 2.12 bits per heavy atom. The molecule has 0 saturated carbocycles. The molecule has 0 aromatic heterocycles. The minimum absolute atomic E-state index is 0.142. The standard InChI is InChI=1S/C32H39N3O4S/c1-2-3-22-33-32(37)31(28-14-8-5-9-15-28)35(25-27-12-6-4-7-13-27)30(36)21-18-26-16-19-29(20-17-26)40(38,39)34-23-10-11-24-34/h4-9,12-17,19-20,31H,2-3,10-11,18,21-25H2,1H3,(H,33,37)/t31-/m0/s1. The number of nitrogens with one attached hydrogen (secondary N) is 1. The minimum atomic E-state index is -3.48. The second-order valence-electron chi connectivity index (χ2n) is 10.2. The van der Waals surface area contributed by atoms with Crippen LogP contribution in [0.1, 0.15) is 61.8 Å². The Morgan fingerprint density at radius 2 is 1.50 bits per heavy atom. The Balaban J connectivity index is 1.54. The van der Waals surface area contributed by atoms with Gasteiger partial charge in [-0.15, -0.1) is 0 Å². The van der Waals surface area contributed by atoms with Gasteiger partial charge < -0.3 is 10.2 Å². The van der Waals surface area contributed by atoms with E-state index in [1.165, 1.54) is 4.31 Å². The highest BCUT2D eigenvalue weighted by molar-refractivity contribution is 7.89. The lowest BCUT2D eigenvalue weighted by Gasteiger charge is -2.32. The summed E-state index contributed by atoms with van der Waals surface area (Å²) in [7, 11) is -3.48. The van der Waals surface area contributed by atoms with Gasteiger partial charge in [0.25, 0.3) is 0 Å². The first-order valence-corrected chi connectivity index (χ1v) is 15.6. The molecule has 3 aromatic rings. The third-order valence-corrected chi connectivity index (χ3v) is 9.19. The molecule has 3 aromatic carbocycles. The smallest absolute Gasteiger partial charge is 0.247 e. The molecule has 0 unspecified atom stereocenters. The number of sulfonamides is 1. The molecule has 0 aliphatic carbocycles. The molecule has 1 atom stereocenters. The Kier molecular flexibility index (Phi) is 10.5. The van der Waals surface area contributed by atoms with Crippen molar-refractivity contribution in [3.63, 3.8) is 0 Å². The Labute approximate surface area is 238 Å². The number of hydrogen-bond acceptors (Lipinski definition) is 4. The van der Waals surface area contributed by atoms with Crippen LogP contribution in [0, 0.1) is 0 Å². The second kappa shape index (κ2) is 14.2. The zero-order valence-electron chi connectivity index (χ0n) is 23.2. The van der Waals surface area contributed by atoms with Crippen LogP contribution >= 0.6 is 0 Å². The zero-order valence-corrected chi connectivity index (χ0v) is 24.0. The van der Waals surface area contributed by atoms with Crippen LogP contribution in [-0.2, 0) is 32.6 Å². The topological polar surface area (TPSA) is 86.8 Å². The fourth-order valence-corrected chi connectivity index (χ4v) is 6.51. The summed E-state index contributed by atoms with van der Waals surface area (Å²) < 4.78 is 27.3. The van der Waals surface area contributed by atoms with Crippen LogP contribution in [0.3, 0.4) is 0 Å². The number of carbonyl (C=O) groups is 2. The number of hydrogen-bond donors (Lipinski definition) is 1. The normalized spacial score (nSPS) is 14.5. The third kappa shape index (κ3) is 7.58. The summed E-state index contributed by atoms with van der Waals surface area (Å²) in [5.41, 5.74) is 2.57. The number of amides is 2. The van der Waals surface area contributed by atoms with E-state index in [2.05, 4.69) is 12.2 Å². The van der Waals surface area contributed by atoms with Crippen molar-refractivity contribution in [2.45, 2.75) is 62.9 Å². The molecule has 4 rings (SSSR count). The molecule has 0 bridgehead atoms. The molecule has 1 fully saturated rings. The molecule has 40 heavy (non-hydrogen) atoms. The van der Waals surface area contributed by atoms with E-state index in [-0.39, 0.29) is 23.1 Å². The Bertz CT molecular complexity index is 1340. The maximum absolute atomic E-state index is 13.8. The average Bonchev–Trinajstić information content (AvgIpc) is 3.53. The van der Waals surface area contributed by atoms with Crippen molar-refractivity contribution in [1.29, 1.82) is 0 Å². The van der Waals surface area contributed by atoms with Gasteiger partial charge in [-0.05, 0) is 54.5 Å². The number of carbonyl (C=O) groups excluding carboxylic acids is 2. The Morgan fingerprint density at radius 1 is 0.875 bits per heavy atom. The monoisotopic (exact) mass is 561 g/mol. The van der Waals surface area contributed by atoms with Gasteiger partial charge in [-0.3, -0.25) is 9.59 Å². The third-order valence-electron chi connectivity index (χ3n) is 7.27. The molecule has 1 N–H and O–H groups in total. The first-order valence-electron chi connectivity index (χ1n) is 14.2. The highest BCUT2D eigenvalue weighted by Gasteiger charge is 2.31. The van der Waals surface area contributed by atoms with E-state index in [9.17, 15) is 18.0 Å². The number of aryl methyl sites for hydroxylation is 1. The van der Waals surface area contributed by atoms with Crippen molar-refractivity contribution in [3.8, 4) is 0 Å². The van der Waals surface area contributed by atoms with Gasteiger partial charge in [-0.2, -0.15) is 4.31 Å².